The van der Waals surface area contributed by atoms with E-state index < -0.39 is 0 Å². The largest absolute Gasteiger partial charge is 0.393 e. The summed E-state index contributed by atoms with van der Waals surface area (Å²) in [6.45, 7) is 14.7. The highest BCUT2D eigenvalue weighted by Gasteiger charge is 2.59. The highest BCUT2D eigenvalue weighted by Crippen LogP contribution is 2.67. The van der Waals surface area contributed by atoms with E-state index in [0.717, 1.165) is 42.4 Å². The Balaban J connectivity index is 1.49. The maximum absolute atomic E-state index is 10.2. The van der Waals surface area contributed by atoms with Gasteiger partial charge in [0.1, 0.15) is 0 Å². The van der Waals surface area contributed by atoms with Crippen molar-refractivity contribution in [1.29, 1.82) is 0 Å². The zero-order valence-corrected chi connectivity index (χ0v) is 20.7. The quantitative estimate of drug-likeness (QED) is 0.454. The van der Waals surface area contributed by atoms with Crippen LogP contribution < -0.4 is 0 Å². The number of hydrogen-bond acceptors (Lipinski definition) is 1. The van der Waals surface area contributed by atoms with Gasteiger partial charge >= 0.3 is 0 Å². The first-order valence-corrected chi connectivity index (χ1v) is 13.2. The van der Waals surface area contributed by atoms with Crippen molar-refractivity contribution >= 4 is 0 Å². The average Bonchev–Trinajstić information content (AvgIpc) is 3.06. The van der Waals surface area contributed by atoms with E-state index in [4.69, 9.17) is 0 Å². The molecule has 0 aromatic rings. The Bertz CT molecular complexity index is 686. The van der Waals surface area contributed by atoms with Crippen molar-refractivity contribution in [3.63, 3.8) is 0 Å². The molecule has 1 N–H and O–H groups in total. The van der Waals surface area contributed by atoms with E-state index in [2.05, 4.69) is 53.7 Å². The third kappa shape index (κ3) is 3.66. The fourth-order valence-electron chi connectivity index (χ4n) is 8.98. The molecule has 8 atom stereocenters. The van der Waals surface area contributed by atoms with Crippen LogP contribution in [0.15, 0.2) is 23.3 Å². The maximum Gasteiger partial charge on any atom is 0.0577 e. The number of rotatable bonds is 5. The lowest BCUT2D eigenvalue weighted by Gasteiger charge is -2.58. The number of aliphatic hydroxyl groups excluding tert-OH is 1. The molecule has 1 nitrogen and oxygen atoms in total. The van der Waals surface area contributed by atoms with Gasteiger partial charge in [0.2, 0.25) is 0 Å². The molecule has 3 fully saturated rings. The molecule has 4 aliphatic rings. The maximum atomic E-state index is 10.2. The van der Waals surface area contributed by atoms with Crippen LogP contribution in [0.2, 0.25) is 0 Å². The summed E-state index contributed by atoms with van der Waals surface area (Å²) in [6, 6.07) is 0. The summed E-state index contributed by atoms with van der Waals surface area (Å²) < 4.78 is 0. The first-order chi connectivity index (χ1) is 14.2. The van der Waals surface area contributed by atoms with Crippen molar-refractivity contribution in [3.8, 4) is 0 Å². The van der Waals surface area contributed by atoms with Gasteiger partial charge in [0.15, 0.2) is 0 Å². The highest BCUT2D eigenvalue weighted by molar-refractivity contribution is 5.25. The molecule has 0 bridgehead atoms. The first-order valence-electron chi connectivity index (χ1n) is 13.2. The molecule has 4 aliphatic carbocycles. The lowest BCUT2D eigenvalue weighted by atomic mass is 9.47. The van der Waals surface area contributed by atoms with Crippen LogP contribution in [0.4, 0.5) is 0 Å². The summed E-state index contributed by atoms with van der Waals surface area (Å²) in [5.74, 6) is 5.15. The van der Waals surface area contributed by atoms with Crippen LogP contribution in [0.5, 0.6) is 0 Å². The SMILES string of the molecule is C/C=C(\CC[C@@H](C)[C@H]1CC[C@H]2[C@@H]3CC=C4CC(O)CC[C@]4(C)[C@H]3CC[C@]12C)C(C)C. The Morgan fingerprint density at radius 2 is 1.87 bits per heavy atom. The Morgan fingerprint density at radius 1 is 1.10 bits per heavy atom. The van der Waals surface area contributed by atoms with Crippen LogP contribution in [-0.4, -0.2) is 11.2 Å². The van der Waals surface area contributed by atoms with Gasteiger partial charge in [-0.25, -0.2) is 0 Å². The zero-order valence-electron chi connectivity index (χ0n) is 20.7. The number of hydrogen-bond donors (Lipinski definition) is 1. The normalized spacial score (nSPS) is 44.9. The molecule has 3 saturated carbocycles. The van der Waals surface area contributed by atoms with Gasteiger partial charge in [0, 0.05) is 0 Å². The summed E-state index contributed by atoms with van der Waals surface area (Å²) in [4.78, 5) is 0. The molecule has 0 radical (unpaired) electrons. The molecule has 0 aromatic heterocycles. The van der Waals surface area contributed by atoms with E-state index in [1.165, 1.54) is 51.4 Å². The Morgan fingerprint density at radius 3 is 2.57 bits per heavy atom. The minimum atomic E-state index is -0.0839. The standard InChI is InChI=1S/C29H48O/c1-7-21(19(2)3)9-8-20(4)25-12-13-26-24-11-10-22-18-23(30)14-16-28(22,5)27(24)15-17-29(25,26)6/h7,10,19-20,23-27,30H,8-9,11-18H2,1-6H3/b21-7+/t20-,23?,24+,25-,26+,27+,28+,29-/m1/s1. The van der Waals surface area contributed by atoms with Crippen LogP contribution >= 0.6 is 0 Å². The molecule has 1 heteroatoms. The molecule has 0 heterocycles. The van der Waals surface area contributed by atoms with Gasteiger partial charge in [0.25, 0.3) is 0 Å². The van der Waals surface area contributed by atoms with E-state index in [1.807, 2.05) is 0 Å². The molecule has 0 aromatic carbocycles. The summed E-state index contributed by atoms with van der Waals surface area (Å²) in [7, 11) is 0. The van der Waals surface area contributed by atoms with Crippen LogP contribution in [-0.2, 0) is 0 Å². The average molecular weight is 413 g/mol. The molecule has 0 aliphatic heterocycles. The summed E-state index contributed by atoms with van der Waals surface area (Å²) >= 11 is 0. The van der Waals surface area contributed by atoms with Crippen molar-refractivity contribution < 1.29 is 5.11 Å². The van der Waals surface area contributed by atoms with Crippen molar-refractivity contribution in [1.82, 2.24) is 0 Å². The summed E-state index contributed by atoms with van der Waals surface area (Å²) in [5.41, 5.74) is 4.21. The first kappa shape index (κ1) is 22.6. The van der Waals surface area contributed by atoms with E-state index in [9.17, 15) is 5.11 Å². The monoisotopic (exact) mass is 412 g/mol. The van der Waals surface area contributed by atoms with E-state index >= 15 is 0 Å². The topological polar surface area (TPSA) is 20.2 Å². The number of fused-ring (bicyclic) bond motifs is 5. The molecular formula is C29H48O. The predicted molar refractivity (Wildman–Crippen MR) is 128 cm³/mol. The molecule has 0 saturated heterocycles. The Kier molecular flexibility index (Phi) is 6.35. The van der Waals surface area contributed by atoms with Crippen molar-refractivity contribution in [2.24, 2.45) is 46.3 Å². The second kappa shape index (κ2) is 8.42. The van der Waals surface area contributed by atoms with Gasteiger partial charge in [-0.05, 0) is 117 Å². The number of allylic oxidation sites excluding steroid dienone is 3. The van der Waals surface area contributed by atoms with Gasteiger partial charge in [0.05, 0.1) is 6.10 Å². The van der Waals surface area contributed by atoms with Gasteiger partial charge in [-0.3, -0.25) is 0 Å². The van der Waals surface area contributed by atoms with E-state index in [-0.39, 0.29) is 6.10 Å². The third-order valence-electron chi connectivity index (χ3n) is 10.8. The molecule has 1 unspecified atom stereocenters. The number of aliphatic hydroxyl groups is 1. The lowest BCUT2D eigenvalue weighted by Crippen LogP contribution is -2.50. The predicted octanol–water partition coefficient (Wildman–Crippen LogP) is 7.94. The molecule has 170 valence electrons. The molecule has 4 rings (SSSR count). The van der Waals surface area contributed by atoms with Crippen molar-refractivity contribution in [2.45, 2.75) is 112 Å². The van der Waals surface area contributed by atoms with Crippen LogP contribution in [0.3, 0.4) is 0 Å². The second-order valence-corrected chi connectivity index (χ2v) is 12.4. The third-order valence-corrected chi connectivity index (χ3v) is 10.8. The van der Waals surface area contributed by atoms with Crippen molar-refractivity contribution in [2.75, 3.05) is 0 Å². The fraction of sp³-hybridized carbons (Fsp3) is 0.862. The van der Waals surface area contributed by atoms with E-state index in [0.29, 0.717) is 16.7 Å². The van der Waals surface area contributed by atoms with Gasteiger partial charge in [-0.1, -0.05) is 57.9 Å². The fourth-order valence-corrected chi connectivity index (χ4v) is 8.98. The molecule has 0 spiro atoms. The molecular weight excluding hydrogens is 364 g/mol. The minimum Gasteiger partial charge on any atom is -0.393 e. The molecule has 30 heavy (non-hydrogen) atoms. The second-order valence-electron chi connectivity index (χ2n) is 12.4. The molecule has 0 amide bonds. The Labute approximate surface area is 186 Å². The lowest BCUT2D eigenvalue weighted by molar-refractivity contribution is -0.0571. The van der Waals surface area contributed by atoms with Crippen molar-refractivity contribution in [3.05, 3.63) is 23.3 Å². The van der Waals surface area contributed by atoms with Crippen LogP contribution in [0.25, 0.3) is 0 Å². The Hall–Kier alpha value is -0.560. The van der Waals surface area contributed by atoms with Gasteiger partial charge in [-0.2, -0.15) is 0 Å². The summed E-state index contributed by atoms with van der Waals surface area (Å²) in [6.07, 6.45) is 17.8. The van der Waals surface area contributed by atoms with E-state index in [1.54, 1.807) is 11.1 Å². The van der Waals surface area contributed by atoms with Gasteiger partial charge in [-0.15, -0.1) is 0 Å². The zero-order chi connectivity index (χ0) is 21.7. The van der Waals surface area contributed by atoms with Crippen LogP contribution in [0.1, 0.15) is 106 Å². The highest BCUT2D eigenvalue weighted by atomic mass is 16.3. The smallest absolute Gasteiger partial charge is 0.0577 e. The van der Waals surface area contributed by atoms with Crippen LogP contribution in [0, 0.1) is 46.3 Å². The van der Waals surface area contributed by atoms with Gasteiger partial charge < -0.3 is 5.11 Å². The summed E-state index contributed by atoms with van der Waals surface area (Å²) in [5, 5.41) is 10.2. The minimum absolute atomic E-state index is 0.0839.